The Balaban J connectivity index is 0.00000676. The molecule has 0 fully saturated rings. The number of rotatable bonds is 19. The minimum Gasteiger partial charge on any atom is -0.395 e. The summed E-state index contributed by atoms with van der Waals surface area (Å²) in [6, 6.07) is 0. The van der Waals surface area contributed by atoms with Gasteiger partial charge in [0.15, 0.2) is 0 Å². The first-order chi connectivity index (χ1) is 12.9. The van der Waals surface area contributed by atoms with Crippen LogP contribution in [0.2, 0.25) is 0 Å². The Morgan fingerprint density at radius 3 is 1.63 bits per heavy atom. The first kappa shape index (κ1) is 26.9. The normalized spacial score (nSPS) is 13.7. The molecule has 0 amide bonds. The number of β-amino-alcohol motifs (C(OH)–C–C–N with tert-alkyl or cyclic N) is 1. The highest BCUT2D eigenvalue weighted by Gasteiger charge is 2.14. The molecule has 0 saturated heterocycles. The molecule has 4 heteroatoms. The Morgan fingerprint density at radius 2 is 1.19 bits per heavy atom. The summed E-state index contributed by atoms with van der Waals surface area (Å²) in [5, 5.41) is 9.06. The Bertz CT molecular complexity index is 336. The summed E-state index contributed by atoms with van der Waals surface area (Å²) < 4.78 is 0. The SMILES string of the molecule is Br.CCCCCCCCCCCCCCCCCCC1=NCCN1CCO. The van der Waals surface area contributed by atoms with E-state index in [9.17, 15) is 0 Å². The number of hydrogen-bond acceptors (Lipinski definition) is 3. The number of nitrogens with zero attached hydrogens (tertiary/aromatic N) is 2. The van der Waals surface area contributed by atoms with Crippen LogP contribution in [0.3, 0.4) is 0 Å². The third-order valence-corrected chi connectivity index (χ3v) is 5.65. The topological polar surface area (TPSA) is 35.8 Å². The van der Waals surface area contributed by atoms with Gasteiger partial charge in [-0.3, -0.25) is 4.99 Å². The summed E-state index contributed by atoms with van der Waals surface area (Å²) in [7, 11) is 0. The van der Waals surface area contributed by atoms with Gasteiger partial charge in [0.1, 0.15) is 0 Å². The van der Waals surface area contributed by atoms with Gasteiger partial charge in [-0.1, -0.05) is 103 Å². The van der Waals surface area contributed by atoms with Crippen molar-refractivity contribution in [3.8, 4) is 0 Å². The first-order valence-electron chi connectivity index (χ1n) is 11.8. The van der Waals surface area contributed by atoms with Gasteiger partial charge in [-0.25, -0.2) is 0 Å². The monoisotopic (exact) mass is 446 g/mol. The van der Waals surface area contributed by atoms with Crippen LogP contribution in [-0.4, -0.2) is 42.1 Å². The maximum atomic E-state index is 9.06. The lowest BCUT2D eigenvalue weighted by atomic mass is 10.0. The highest BCUT2D eigenvalue weighted by molar-refractivity contribution is 8.93. The standard InChI is InChI=1S/C23H46N2O.BrH/c1-2-3-4-5-6-7-8-9-10-11-12-13-14-15-16-17-18-23-24-19-20-25(23)21-22-26;/h26H,2-22H2,1H3;1H. The molecule has 1 rings (SSSR count). The van der Waals surface area contributed by atoms with Crippen molar-refractivity contribution < 1.29 is 5.11 Å². The molecule has 1 heterocycles. The number of aliphatic imine (C=N–C) groups is 1. The molecule has 0 aromatic heterocycles. The van der Waals surface area contributed by atoms with E-state index in [4.69, 9.17) is 5.11 Å². The van der Waals surface area contributed by atoms with E-state index in [0.29, 0.717) is 0 Å². The fourth-order valence-corrected chi connectivity index (χ4v) is 3.96. The van der Waals surface area contributed by atoms with E-state index in [2.05, 4.69) is 16.8 Å². The maximum Gasteiger partial charge on any atom is 0.0991 e. The maximum absolute atomic E-state index is 9.06. The van der Waals surface area contributed by atoms with Crippen LogP contribution in [0.25, 0.3) is 0 Å². The second-order valence-electron chi connectivity index (χ2n) is 8.06. The summed E-state index contributed by atoms with van der Waals surface area (Å²) >= 11 is 0. The van der Waals surface area contributed by atoms with Crippen molar-refractivity contribution in [2.24, 2.45) is 4.99 Å². The third kappa shape index (κ3) is 15.5. The fourth-order valence-electron chi connectivity index (χ4n) is 3.96. The minimum atomic E-state index is 0. The van der Waals surface area contributed by atoms with Crippen LogP contribution in [0.4, 0.5) is 0 Å². The number of aliphatic hydroxyl groups is 1. The average molecular weight is 448 g/mol. The Hall–Kier alpha value is -0.0900. The fraction of sp³-hybridized carbons (Fsp3) is 0.957. The average Bonchev–Trinajstić information content (AvgIpc) is 3.09. The minimum absolute atomic E-state index is 0. The molecule has 0 aromatic carbocycles. The van der Waals surface area contributed by atoms with Crippen LogP contribution >= 0.6 is 17.0 Å². The van der Waals surface area contributed by atoms with E-state index >= 15 is 0 Å². The quantitative estimate of drug-likeness (QED) is 0.218. The highest BCUT2D eigenvalue weighted by Crippen LogP contribution is 2.15. The van der Waals surface area contributed by atoms with E-state index in [0.717, 1.165) is 26.1 Å². The lowest BCUT2D eigenvalue weighted by Gasteiger charge is -2.18. The molecule has 1 aliphatic rings. The summed E-state index contributed by atoms with van der Waals surface area (Å²) in [6.45, 7) is 5.23. The largest absolute Gasteiger partial charge is 0.395 e. The van der Waals surface area contributed by atoms with Crippen molar-refractivity contribution in [1.82, 2.24) is 4.90 Å². The third-order valence-electron chi connectivity index (χ3n) is 5.65. The van der Waals surface area contributed by atoms with Crippen LogP contribution in [0.5, 0.6) is 0 Å². The number of amidine groups is 1. The van der Waals surface area contributed by atoms with Gasteiger partial charge >= 0.3 is 0 Å². The van der Waals surface area contributed by atoms with Gasteiger partial charge in [0.25, 0.3) is 0 Å². The van der Waals surface area contributed by atoms with Crippen molar-refractivity contribution >= 4 is 22.8 Å². The molecule has 0 bridgehead atoms. The Morgan fingerprint density at radius 1 is 0.741 bits per heavy atom. The van der Waals surface area contributed by atoms with Crippen LogP contribution in [0.1, 0.15) is 116 Å². The van der Waals surface area contributed by atoms with Gasteiger partial charge in [0, 0.05) is 19.5 Å². The van der Waals surface area contributed by atoms with Crippen LogP contribution in [-0.2, 0) is 0 Å². The zero-order valence-electron chi connectivity index (χ0n) is 18.1. The summed E-state index contributed by atoms with van der Waals surface area (Å²) in [5.41, 5.74) is 0. The Labute approximate surface area is 180 Å². The predicted molar refractivity (Wildman–Crippen MR) is 125 cm³/mol. The molecule has 0 aliphatic carbocycles. The zero-order chi connectivity index (χ0) is 18.7. The van der Waals surface area contributed by atoms with E-state index < -0.39 is 0 Å². The lowest BCUT2D eigenvalue weighted by molar-refractivity contribution is 0.255. The molecule has 1 aliphatic heterocycles. The van der Waals surface area contributed by atoms with Crippen LogP contribution in [0, 0.1) is 0 Å². The van der Waals surface area contributed by atoms with E-state index in [1.165, 1.54) is 109 Å². The van der Waals surface area contributed by atoms with Crippen molar-refractivity contribution in [1.29, 1.82) is 0 Å². The number of aliphatic hydroxyl groups excluding tert-OH is 1. The van der Waals surface area contributed by atoms with Crippen molar-refractivity contribution in [2.45, 2.75) is 116 Å². The highest BCUT2D eigenvalue weighted by atomic mass is 79.9. The van der Waals surface area contributed by atoms with E-state index in [1.807, 2.05) is 0 Å². The zero-order valence-corrected chi connectivity index (χ0v) is 19.8. The smallest absolute Gasteiger partial charge is 0.0991 e. The van der Waals surface area contributed by atoms with E-state index in [-0.39, 0.29) is 23.6 Å². The van der Waals surface area contributed by atoms with Gasteiger partial charge in [0.2, 0.25) is 0 Å². The molecule has 162 valence electrons. The molecule has 1 N–H and O–H groups in total. The van der Waals surface area contributed by atoms with Gasteiger partial charge in [-0.2, -0.15) is 0 Å². The van der Waals surface area contributed by atoms with E-state index in [1.54, 1.807) is 0 Å². The summed E-state index contributed by atoms with van der Waals surface area (Å²) in [4.78, 5) is 6.83. The Kier molecular flexibility index (Phi) is 20.6. The predicted octanol–water partition coefficient (Wildman–Crippen LogP) is 6.92. The molecule has 0 aromatic rings. The lowest BCUT2D eigenvalue weighted by Crippen LogP contribution is -2.30. The summed E-state index contributed by atoms with van der Waals surface area (Å²) in [5.74, 6) is 1.24. The van der Waals surface area contributed by atoms with Crippen LogP contribution < -0.4 is 0 Å². The molecular weight excluding hydrogens is 400 g/mol. The van der Waals surface area contributed by atoms with Crippen LogP contribution in [0.15, 0.2) is 4.99 Å². The second-order valence-corrected chi connectivity index (χ2v) is 8.06. The van der Waals surface area contributed by atoms with Crippen molar-refractivity contribution in [2.75, 3.05) is 26.2 Å². The van der Waals surface area contributed by atoms with Gasteiger partial charge in [-0.15, -0.1) is 17.0 Å². The first-order valence-corrected chi connectivity index (χ1v) is 11.8. The number of unbranched alkanes of at least 4 members (excludes halogenated alkanes) is 15. The summed E-state index contributed by atoms with van der Waals surface area (Å²) in [6.07, 6.45) is 23.8. The number of halogens is 1. The molecular formula is C23H47BrN2O. The molecule has 0 saturated carbocycles. The van der Waals surface area contributed by atoms with Gasteiger partial charge in [0.05, 0.1) is 19.0 Å². The molecule has 0 spiro atoms. The molecule has 0 unspecified atom stereocenters. The van der Waals surface area contributed by atoms with Crippen molar-refractivity contribution in [3.05, 3.63) is 0 Å². The molecule has 0 atom stereocenters. The molecule has 0 radical (unpaired) electrons. The second kappa shape index (κ2) is 20.6. The molecule has 3 nitrogen and oxygen atoms in total. The molecule has 27 heavy (non-hydrogen) atoms. The van der Waals surface area contributed by atoms with Crippen molar-refractivity contribution in [3.63, 3.8) is 0 Å². The number of hydrogen-bond donors (Lipinski definition) is 1. The van der Waals surface area contributed by atoms with Gasteiger partial charge < -0.3 is 10.0 Å². The van der Waals surface area contributed by atoms with Gasteiger partial charge in [-0.05, 0) is 6.42 Å².